The first kappa shape index (κ1) is 18.1. The topological polar surface area (TPSA) is 99.0 Å². The Morgan fingerprint density at radius 3 is 2.64 bits per heavy atom. The predicted molar refractivity (Wildman–Crippen MR) is 103 cm³/mol. The molecule has 1 fully saturated rings. The van der Waals surface area contributed by atoms with Crippen LogP contribution in [0.5, 0.6) is 5.75 Å². The minimum atomic E-state index is -0.405. The summed E-state index contributed by atoms with van der Waals surface area (Å²) in [6.07, 6.45) is 9.74. The second-order valence-corrected chi connectivity index (χ2v) is 6.95. The average Bonchev–Trinajstić information content (AvgIpc) is 3.16. The smallest absolute Gasteiger partial charge is 0.293 e. The molecule has 1 N–H and O–H groups in total. The highest BCUT2D eigenvalue weighted by Crippen LogP contribution is 2.34. The van der Waals surface area contributed by atoms with Crippen LogP contribution in [0.3, 0.4) is 0 Å². The van der Waals surface area contributed by atoms with Gasteiger partial charge in [-0.15, -0.1) is 0 Å². The number of nitrogens with zero attached hydrogens (tertiary/aromatic N) is 4. The number of fused-ring (bicyclic) bond motifs is 1. The summed E-state index contributed by atoms with van der Waals surface area (Å²) in [5.74, 6) is 0.375. The molecule has 0 bridgehead atoms. The van der Waals surface area contributed by atoms with Crippen molar-refractivity contribution in [2.45, 2.75) is 31.7 Å². The van der Waals surface area contributed by atoms with Crippen LogP contribution in [0.1, 0.15) is 42.3 Å². The van der Waals surface area contributed by atoms with Crippen molar-refractivity contribution >= 4 is 28.8 Å². The molecule has 28 heavy (non-hydrogen) atoms. The van der Waals surface area contributed by atoms with Crippen molar-refractivity contribution in [2.24, 2.45) is 5.92 Å². The Morgan fingerprint density at radius 1 is 1.21 bits per heavy atom. The van der Waals surface area contributed by atoms with Crippen molar-refractivity contribution in [1.82, 2.24) is 19.7 Å². The number of ether oxygens (including phenoxy) is 1. The number of benzene rings is 1. The molecule has 0 spiro atoms. The van der Waals surface area contributed by atoms with E-state index in [1.165, 1.54) is 12.4 Å². The lowest BCUT2D eigenvalue weighted by Gasteiger charge is -2.25. The number of aldehydes is 1. The molecule has 2 heterocycles. The highest BCUT2D eigenvalue weighted by molar-refractivity contribution is 6.03. The fraction of sp³-hybridized carbons (Fsp3) is 0.350. The molecule has 4 rings (SSSR count). The average molecular weight is 379 g/mol. The van der Waals surface area contributed by atoms with E-state index in [1.54, 1.807) is 13.2 Å². The van der Waals surface area contributed by atoms with Gasteiger partial charge in [0.2, 0.25) is 5.82 Å². The van der Waals surface area contributed by atoms with Gasteiger partial charge in [-0.1, -0.05) is 0 Å². The van der Waals surface area contributed by atoms with E-state index in [0.29, 0.717) is 11.4 Å². The van der Waals surface area contributed by atoms with Crippen molar-refractivity contribution in [2.75, 3.05) is 12.4 Å². The fourth-order valence-corrected chi connectivity index (χ4v) is 3.62. The second kappa shape index (κ2) is 7.75. The Bertz CT molecular complexity index is 994. The van der Waals surface area contributed by atoms with Crippen molar-refractivity contribution in [3.05, 3.63) is 42.6 Å². The summed E-state index contributed by atoms with van der Waals surface area (Å²) in [6.45, 7) is 0. The van der Waals surface area contributed by atoms with Gasteiger partial charge >= 0.3 is 0 Å². The third kappa shape index (κ3) is 3.58. The van der Waals surface area contributed by atoms with Gasteiger partial charge in [0, 0.05) is 36.0 Å². The number of rotatable bonds is 5. The lowest BCUT2D eigenvalue weighted by atomic mass is 9.87. The number of hydrogen-bond donors (Lipinski definition) is 1. The third-order valence-electron chi connectivity index (χ3n) is 5.17. The van der Waals surface area contributed by atoms with E-state index >= 15 is 0 Å². The number of carbonyl (C=O) groups is 2. The van der Waals surface area contributed by atoms with Crippen molar-refractivity contribution in [1.29, 1.82) is 0 Å². The zero-order chi connectivity index (χ0) is 19.5. The minimum absolute atomic E-state index is 0.0901. The van der Waals surface area contributed by atoms with E-state index in [2.05, 4.69) is 20.4 Å². The molecule has 3 aromatic rings. The monoisotopic (exact) mass is 379 g/mol. The van der Waals surface area contributed by atoms with Crippen LogP contribution < -0.4 is 10.1 Å². The van der Waals surface area contributed by atoms with Crippen LogP contribution in [0.2, 0.25) is 0 Å². The first-order valence-corrected chi connectivity index (χ1v) is 9.28. The Balaban J connectivity index is 1.60. The maximum absolute atomic E-state index is 12.4. The summed E-state index contributed by atoms with van der Waals surface area (Å²) in [6, 6.07) is 5.59. The summed E-state index contributed by atoms with van der Waals surface area (Å²) < 4.78 is 7.40. The molecule has 1 saturated carbocycles. The van der Waals surface area contributed by atoms with Gasteiger partial charge < -0.3 is 14.8 Å². The quantitative estimate of drug-likeness (QED) is 0.684. The fourth-order valence-electron chi connectivity index (χ4n) is 3.62. The summed E-state index contributed by atoms with van der Waals surface area (Å²) in [5.41, 5.74) is 1.33. The van der Waals surface area contributed by atoms with E-state index in [-0.39, 0.29) is 17.8 Å². The number of aromatic nitrogens is 4. The van der Waals surface area contributed by atoms with Gasteiger partial charge in [0.05, 0.1) is 24.4 Å². The van der Waals surface area contributed by atoms with E-state index in [9.17, 15) is 9.59 Å². The van der Waals surface area contributed by atoms with Crippen LogP contribution in [-0.4, -0.2) is 39.1 Å². The summed E-state index contributed by atoms with van der Waals surface area (Å²) >= 11 is 0. The van der Waals surface area contributed by atoms with Gasteiger partial charge in [-0.25, -0.2) is 9.97 Å². The summed E-state index contributed by atoms with van der Waals surface area (Å²) in [4.78, 5) is 31.3. The van der Waals surface area contributed by atoms with Crippen LogP contribution in [0, 0.1) is 5.92 Å². The Labute approximate surface area is 161 Å². The first-order valence-electron chi connectivity index (χ1n) is 9.28. The molecule has 1 amide bonds. The molecule has 0 radical (unpaired) electrons. The van der Waals surface area contributed by atoms with Crippen molar-refractivity contribution in [3.8, 4) is 5.75 Å². The van der Waals surface area contributed by atoms with E-state index < -0.39 is 5.91 Å². The van der Waals surface area contributed by atoms with E-state index in [4.69, 9.17) is 4.74 Å². The third-order valence-corrected chi connectivity index (χ3v) is 5.17. The van der Waals surface area contributed by atoms with Crippen LogP contribution in [0.25, 0.3) is 10.9 Å². The number of carbonyl (C=O) groups excluding carboxylic acids is 2. The van der Waals surface area contributed by atoms with Crippen LogP contribution >= 0.6 is 0 Å². The SMILES string of the molecule is COc1cc2nn(C3CCC(C=O)CC3)cc2cc1NC(=O)c1ncccn1. The number of hydrogen-bond acceptors (Lipinski definition) is 6. The molecule has 1 aromatic carbocycles. The maximum Gasteiger partial charge on any atom is 0.293 e. The molecular weight excluding hydrogens is 358 g/mol. The van der Waals surface area contributed by atoms with Gasteiger partial charge in [0.25, 0.3) is 5.91 Å². The Kier molecular flexibility index (Phi) is 5.01. The molecule has 144 valence electrons. The van der Waals surface area contributed by atoms with Crippen LogP contribution in [-0.2, 0) is 4.79 Å². The molecule has 0 aliphatic heterocycles. The van der Waals surface area contributed by atoms with Crippen molar-refractivity contribution in [3.63, 3.8) is 0 Å². The molecule has 1 aliphatic rings. The molecule has 8 heteroatoms. The Morgan fingerprint density at radius 2 is 1.96 bits per heavy atom. The van der Waals surface area contributed by atoms with Crippen molar-refractivity contribution < 1.29 is 14.3 Å². The largest absolute Gasteiger partial charge is 0.494 e. The molecule has 0 atom stereocenters. The lowest BCUT2D eigenvalue weighted by Crippen LogP contribution is -2.19. The molecule has 8 nitrogen and oxygen atoms in total. The van der Waals surface area contributed by atoms with Crippen LogP contribution in [0.15, 0.2) is 36.8 Å². The number of anilines is 1. The zero-order valence-electron chi connectivity index (χ0n) is 15.5. The molecule has 1 aliphatic carbocycles. The first-order chi connectivity index (χ1) is 13.7. The maximum atomic E-state index is 12.4. The number of amides is 1. The standard InChI is InChI=1S/C20H21N5O3/c1-28-18-10-16-14(9-17(18)23-20(27)19-21-7-2-8-22-19)11-25(24-16)15-5-3-13(12-26)4-6-15/h2,7-13,15H,3-6H2,1H3,(H,23,27). The molecule has 0 unspecified atom stereocenters. The highest BCUT2D eigenvalue weighted by Gasteiger charge is 2.23. The van der Waals surface area contributed by atoms with Gasteiger partial charge in [-0.2, -0.15) is 5.10 Å². The van der Waals surface area contributed by atoms with E-state index in [1.807, 2.05) is 23.0 Å². The lowest BCUT2D eigenvalue weighted by molar-refractivity contribution is -0.112. The van der Waals surface area contributed by atoms with Gasteiger partial charge in [0.15, 0.2) is 0 Å². The normalized spacial score (nSPS) is 19.3. The Hall–Kier alpha value is -3.29. The molecular formula is C20H21N5O3. The van der Waals surface area contributed by atoms with Crippen LogP contribution in [0.4, 0.5) is 5.69 Å². The minimum Gasteiger partial charge on any atom is -0.494 e. The van der Waals surface area contributed by atoms with Gasteiger partial charge in [-0.05, 0) is 37.8 Å². The second-order valence-electron chi connectivity index (χ2n) is 6.95. The van der Waals surface area contributed by atoms with Gasteiger partial charge in [0.1, 0.15) is 12.0 Å². The number of methoxy groups -OCH3 is 1. The predicted octanol–water partition coefficient (Wildman–Crippen LogP) is 3.02. The number of nitrogens with one attached hydrogen (secondary N) is 1. The summed E-state index contributed by atoms with van der Waals surface area (Å²) in [5, 5.41) is 8.40. The molecule has 0 saturated heterocycles. The van der Waals surface area contributed by atoms with Gasteiger partial charge in [-0.3, -0.25) is 9.48 Å². The highest BCUT2D eigenvalue weighted by atomic mass is 16.5. The van der Waals surface area contributed by atoms with E-state index in [0.717, 1.165) is 42.9 Å². The molecule has 2 aromatic heterocycles. The zero-order valence-corrected chi connectivity index (χ0v) is 15.5. The summed E-state index contributed by atoms with van der Waals surface area (Å²) in [7, 11) is 1.55.